The number of amides is 2. The van der Waals surface area contributed by atoms with Crippen LogP contribution in [0.2, 0.25) is 0 Å². The standard InChI is InChI=1S/C21H21N5O4/c1-13-20(26(29)30)14(2)25(24-13)12-16-7-4-5-10-19(16)21(28)23-18-9-6-8-17(11-18)22-15(3)27/h4-11H,12H2,1-3H3,(H,22,27)(H,23,28). The number of anilines is 2. The molecular formula is C21H21N5O4. The second kappa shape index (κ2) is 8.56. The molecule has 0 saturated heterocycles. The number of benzene rings is 2. The van der Waals surface area contributed by atoms with Crippen molar-refractivity contribution in [2.75, 3.05) is 10.6 Å². The molecule has 2 N–H and O–H groups in total. The van der Waals surface area contributed by atoms with Gasteiger partial charge in [0.05, 0.1) is 11.5 Å². The van der Waals surface area contributed by atoms with Crippen molar-refractivity contribution in [3.05, 3.63) is 81.2 Å². The van der Waals surface area contributed by atoms with Crippen LogP contribution in [0, 0.1) is 24.0 Å². The highest BCUT2D eigenvalue weighted by atomic mass is 16.6. The lowest BCUT2D eigenvalue weighted by molar-refractivity contribution is -0.386. The van der Waals surface area contributed by atoms with Crippen molar-refractivity contribution in [2.45, 2.75) is 27.3 Å². The molecule has 0 saturated carbocycles. The van der Waals surface area contributed by atoms with E-state index < -0.39 is 4.92 Å². The fraction of sp³-hybridized carbons (Fsp3) is 0.190. The van der Waals surface area contributed by atoms with Crippen molar-refractivity contribution in [3.63, 3.8) is 0 Å². The van der Waals surface area contributed by atoms with Crippen molar-refractivity contribution in [1.29, 1.82) is 0 Å². The molecule has 0 unspecified atom stereocenters. The van der Waals surface area contributed by atoms with E-state index in [1.807, 2.05) is 0 Å². The molecule has 0 aliphatic carbocycles. The van der Waals surface area contributed by atoms with E-state index in [9.17, 15) is 19.7 Å². The van der Waals surface area contributed by atoms with Gasteiger partial charge in [0.25, 0.3) is 5.91 Å². The average Bonchev–Trinajstić information content (AvgIpc) is 2.95. The maximum Gasteiger partial charge on any atom is 0.312 e. The highest BCUT2D eigenvalue weighted by Crippen LogP contribution is 2.24. The van der Waals surface area contributed by atoms with Crippen molar-refractivity contribution in [1.82, 2.24) is 9.78 Å². The summed E-state index contributed by atoms with van der Waals surface area (Å²) < 4.78 is 1.52. The first kappa shape index (κ1) is 20.7. The number of carbonyl (C=O) groups is 2. The zero-order chi connectivity index (χ0) is 21.8. The van der Waals surface area contributed by atoms with Gasteiger partial charge in [-0.25, -0.2) is 0 Å². The first-order chi connectivity index (χ1) is 14.3. The Balaban J connectivity index is 1.85. The number of nitrogens with one attached hydrogen (secondary N) is 2. The molecule has 0 atom stereocenters. The second-order valence-corrected chi connectivity index (χ2v) is 6.81. The van der Waals surface area contributed by atoms with E-state index in [2.05, 4.69) is 15.7 Å². The van der Waals surface area contributed by atoms with Gasteiger partial charge in [-0.2, -0.15) is 5.10 Å². The summed E-state index contributed by atoms with van der Waals surface area (Å²) in [5.41, 5.74) is 2.94. The number of carbonyl (C=O) groups excluding carboxylic acids is 2. The quantitative estimate of drug-likeness (QED) is 0.477. The van der Waals surface area contributed by atoms with Gasteiger partial charge in [-0.05, 0) is 43.7 Å². The molecule has 0 bridgehead atoms. The molecule has 2 aromatic carbocycles. The van der Waals surface area contributed by atoms with Crippen LogP contribution in [-0.4, -0.2) is 26.5 Å². The lowest BCUT2D eigenvalue weighted by Crippen LogP contribution is -2.16. The molecule has 0 radical (unpaired) electrons. The van der Waals surface area contributed by atoms with E-state index in [0.717, 1.165) is 0 Å². The topological polar surface area (TPSA) is 119 Å². The lowest BCUT2D eigenvalue weighted by Gasteiger charge is -2.12. The van der Waals surface area contributed by atoms with Crippen LogP contribution in [0.4, 0.5) is 17.1 Å². The summed E-state index contributed by atoms with van der Waals surface area (Å²) >= 11 is 0. The summed E-state index contributed by atoms with van der Waals surface area (Å²) in [5, 5.41) is 21.0. The summed E-state index contributed by atoms with van der Waals surface area (Å²) in [6.07, 6.45) is 0. The van der Waals surface area contributed by atoms with Gasteiger partial charge in [-0.15, -0.1) is 0 Å². The molecule has 154 valence electrons. The van der Waals surface area contributed by atoms with Gasteiger partial charge in [0.1, 0.15) is 11.4 Å². The Bertz CT molecular complexity index is 1140. The molecule has 9 nitrogen and oxygen atoms in total. The van der Waals surface area contributed by atoms with Crippen molar-refractivity contribution in [2.24, 2.45) is 0 Å². The minimum atomic E-state index is -0.450. The number of aromatic nitrogens is 2. The van der Waals surface area contributed by atoms with Crippen LogP contribution in [-0.2, 0) is 11.3 Å². The zero-order valence-electron chi connectivity index (χ0n) is 16.8. The predicted molar refractivity (Wildman–Crippen MR) is 113 cm³/mol. The second-order valence-electron chi connectivity index (χ2n) is 6.81. The normalized spacial score (nSPS) is 10.5. The number of nitrogens with zero attached hydrogens (tertiary/aromatic N) is 3. The SMILES string of the molecule is CC(=O)Nc1cccc(NC(=O)c2ccccc2Cn2nc(C)c([N+](=O)[O-])c2C)c1. The minimum absolute atomic E-state index is 0.0216. The van der Waals surface area contributed by atoms with Gasteiger partial charge >= 0.3 is 5.69 Å². The van der Waals surface area contributed by atoms with Crippen LogP contribution in [0.15, 0.2) is 48.5 Å². The Morgan fingerprint density at radius 1 is 1.07 bits per heavy atom. The van der Waals surface area contributed by atoms with Crippen LogP contribution in [0.3, 0.4) is 0 Å². The molecule has 1 heterocycles. The maximum absolute atomic E-state index is 12.9. The van der Waals surface area contributed by atoms with Crippen LogP contribution in [0.5, 0.6) is 0 Å². The van der Waals surface area contributed by atoms with Crippen LogP contribution < -0.4 is 10.6 Å². The van der Waals surface area contributed by atoms with E-state index in [4.69, 9.17) is 0 Å². The number of hydrogen-bond acceptors (Lipinski definition) is 5. The first-order valence-corrected chi connectivity index (χ1v) is 9.21. The molecule has 0 fully saturated rings. The van der Waals surface area contributed by atoms with Gasteiger partial charge in [0, 0.05) is 23.9 Å². The van der Waals surface area contributed by atoms with E-state index in [1.165, 1.54) is 11.6 Å². The molecular weight excluding hydrogens is 386 g/mol. The number of rotatable bonds is 6. The van der Waals surface area contributed by atoms with Gasteiger partial charge < -0.3 is 10.6 Å². The third kappa shape index (κ3) is 4.52. The maximum atomic E-state index is 12.9. The van der Waals surface area contributed by atoms with Crippen molar-refractivity contribution < 1.29 is 14.5 Å². The van der Waals surface area contributed by atoms with E-state index in [-0.39, 0.29) is 24.0 Å². The number of nitro groups is 1. The Morgan fingerprint density at radius 3 is 2.37 bits per heavy atom. The third-order valence-electron chi connectivity index (χ3n) is 4.55. The fourth-order valence-electron chi connectivity index (χ4n) is 3.22. The number of hydrogen-bond donors (Lipinski definition) is 2. The number of aryl methyl sites for hydroxylation is 1. The molecule has 1 aromatic heterocycles. The molecule has 0 aliphatic heterocycles. The smallest absolute Gasteiger partial charge is 0.312 e. The van der Waals surface area contributed by atoms with E-state index in [0.29, 0.717) is 33.9 Å². The summed E-state index contributed by atoms with van der Waals surface area (Å²) in [5.74, 6) is -0.538. The highest BCUT2D eigenvalue weighted by molar-refractivity contribution is 6.05. The van der Waals surface area contributed by atoms with E-state index in [1.54, 1.807) is 62.4 Å². The van der Waals surface area contributed by atoms with Gasteiger partial charge in [-0.1, -0.05) is 24.3 Å². The van der Waals surface area contributed by atoms with Crippen LogP contribution in [0.1, 0.15) is 34.2 Å². The van der Waals surface area contributed by atoms with Gasteiger partial charge in [0.2, 0.25) is 5.91 Å². The minimum Gasteiger partial charge on any atom is -0.326 e. The van der Waals surface area contributed by atoms with Gasteiger partial charge in [0.15, 0.2) is 0 Å². The molecule has 30 heavy (non-hydrogen) atoms. The van der Waals surface area contributed by atoms with E-state index >= 15 is 0 Å². The summed E-state index contributed by atoms with van der Waals surface area (Å²) in [7, 11) is 0. The first-order valence-electron chi connectivity index (χ1n) is 9.21. The molecule has 3 rings (SSSR count). The Hall–Kier alpha value is -4.01. The van der Waals surface area contributed by atoms with Gasteiger partial charge in [-0.3, -0.25) is 24.4 Å². The molecule has 0 spiro atoms. The Labute approximate surface area is 172 Å². The fourth-order valence-corrected chi connectivity index (χ4v) is 3.22. The highest BCUT2D eigenvalue weighted by Gasteiger charge is 2.22. The lowest BCUT2D eigenvalue weighted by atomic mass is 10.1. The Kier molecular flexibility index (Phi) is 5.91. The zero-order valence-corrected chi connectivity index (χ0v) is 16.8. The van der Waals surface area contributed by atoms with Crippen LogP contribution >= 0.6 is 0 Å². The molecule has 9 heteroatoms. The molecule has 2 amide bonds. The summed E-state index contributed by atoms with van der Waals surface area (Å²) in [6, 6.07) is 13.8. The predicted octanol–water partition coefficient (Wildman–Crippen LogP) is 3.67. The molecule has 0 aliphatic rings. The summed E-state index contributed by atoms with van der Waals surface area (Å²) in [4.78, 5) is 34.9. The van der Waals surface area contributed by atoms with Crippen molar-refractivity contribution >= 4 is 28.9 Å². The average molecular weight is 407 g/mol. The summed E-state index contributed by atoms with van der Waals surface area (Å²) in [6.45, 7) is 4.84. The molecule has 3 aromatic rings. The van der Waals surface area contributed by atoms with Crippen molar-refractivity contribution in [3.8, 4) is 0 Å². The monoisotopic (exact) mass is 407 g/mol. The third-order valence-corrected chi connectivity index (χ3v) is 4.55. The van der Waals surface area contributed by atoms with Crippen LogP contribution in [0.25, 0.3) is 0 Å². The largest absolute Gasteiger partial charge is 0.326 e. The Morgan fingerprint density at radius 2 is 1.73 bits per heavy atom.